The number of aliphatic imine (C=N–C) groups is 1. The number of amides is 3. The molecule has 3 aromatic carbocycles. The number of para-hydroxylation sites is 1. The maximum Gasteiger partial charge on any atom is 0.321 e. The summed E-state index contributed by atoms with van der Waals surface area (Å²) in [5, 5.41) is 5.40. The largest absolute Gasteiger partial charge is 0.321 e. The van der Waals surface area contributed by atoms with E-state index in [2.05, 4.69) is 15.6 Å². The minimum Gasteiger partial charge on any atom is -0.311 e. The molecule has 4 rings (SSSR count). The van der Waals surface area contributed by atoms with Crippen molar-refractivity contribution in [3.05, 3.63) is 94.8 Å². The summed E-state index contributed by atoms with van der Waals surface area (Å²) in [4.78, 5) is 31.8. The number of rotatable bonds is 3. The molecule has 0 aromatic heterocycles. The van der Waals surface area contributed by atoms with E-state index < -0.39 is 23.9 Å². The number of urea groups is 1. The zero-order valence-corrected chi connectivity index (χ0v) is 18.0. The number of hydrogen-bond acceptors (Lipinski definition) is 3. The number of benzodiazepines with no additional fused rings is 1. The SMILES string of the molecule is Cc1ccc(NC(=O)NC2N=C(c3ccccc3F)c3ccccc3N(C)C2=O)c(C)c1. The molecule has 0 saturated heterocycles. The standard InChI is InChI=1S/C25H23FN4O2/c1-15-12-13-20(16(2)14-15)27-25(32)29-23-24(31)30(3)21-11-7-5-9-18(21)22(28-23)17-8-4-6-10-19(17)26/h4-14,23H,1-3H3,(H2,27,29,32). The van der Waals surface area contributed by atoms with Crippen molar-refractivity contribution < 1.29 is 14.0 Å². The van der Waals surface area contributed by atoms with Gasteiger partial charge >= 0.3 is 6.03 Å². The second-order valence-corrected chi connectivity index (χ2v) is 7.69. The van der Waals surface area contributed by atoms with Crippen LogP contribution in [0.1, 0.15) is 22.3 Å². The van der Waals surface area contributed by atoms with Crippen molar-refractivity contribution in [3.63, 3.8) is 0 Å². The number of halogens is 1. The van der Waals surface area contributed by atoms with E-state index in [1.165, 1.54) is 11.0 Å². The number of likely N-dealkylation sites (N-methyl/N-ethyl adjacent to an activating group) is 1. The third-order valence-corrected chi connectivity index (χ3v) is 5.37. The molecule has 32 heavy (non-hydrogen) atoms. The van der Waals surface area contributed by atoms with E-state index in [0.29, 0.717) is 22.6 Å². The van der Waals surface area contributed by atoms with Gasteiger partial charge in [0.25, 0.3) is 5.91 Å². The Hall–Kier alpha value is -4.00. The van der Waals surface area contributed by atoms with Crippen LogP contribution in [0.4, 0.5) is 20.6 Å². The predicted octanol–water partition coefficient (Wildman–Crippen LogP) is 4.40. The number of hydrogen-bond donors (Lipinski definition) is 2. The molecule has 1 heterocycles. The van der Waals surface area contributed by atoms with E-state index in [1.54, 1.807) is 55.6 Å². The fourth-order valence-electron chi connectivity index (χ4n) is 3.72. The van der Waals surface area contributed by atoms with E-state index >= 15 is 0 Å². The normalized spacial score (nSPS) is 15.5. The first-order valence-corrected chi connectivity index (χ1v) is 10.2. The molecule has 7 heteroatoms. The van der Waals surface area contributed by atoms with E-state index in [4.69, 9.17) is 0 Å². The Kier molecular flexibility index (Phi) is 5.73. The minimum atomic E-state index is -1.23. The lowest BCUT2D eigenvalue weighted by atomic mass is 10.00. The lowest BCUT2D eigenvalue weighted by Gasteiger charge is -2.21. The first-order valence-electron chi connectivity index (χ1n) is 10.2. The Bertz CT molecular complexity index is 1240. The summed E-state index contributed by atoms with van der Waals surface area (Å²) in [6.07, 6.45) is -1.23. The van der Waals surface area contributed by atoms with Gasteiger partial charge in [-0.25, -0.2) is 14.2 Å². The van der Waals surface area contributed by atoms with Gasteiger partial charge in [-0.05, 0) is 43.7 Å². The molecule has 0 aliphatic carbocycles. The molecule has 0 saturated carbocycles. The predicted molar refractivity (Wildman–Crippen MR) is 124 cm³/mol. The topological polar surface area (TPSA) is 73.8 Å². The molecule has 2 N–H and O–H groups in total. The smallest absolute Gasteiger partial charge is 0.311 e. The van der Waals surface area contributed by atoms with Gasteiger partial charge in [0, 0.05) is 23.9 Å². The Labute approximate surface area is 185 Å². The Balaban J connectivity index is 1.71. The molecule has 0 bridgehead atoms. The van der Waals surface area contributed by atoms with Crippen molar-refractivity contribution in [2.75, 3.05) is 17.3 Å². The van der Waals surface area contributed by atoms with Crippen molar-refractivity contribution in [2.24, 2.45) is 4.99 Å². The third kappa shape index (κ3) is 4.09. The zero-order valence-electron chi connectivity index (χ0n) is 18.0. The van der Waals surface area contributed by atoms with Gasteiger partial charge in [-0.15, -0.1) is 0 Å². The van der Waals surface area contributed by atoms with Gasteiger partial charge in [-0.3, -0.25) is 4.79 Å². The molecule has 1 atom stereocenters. The van der Waals surface area contributed by atoms with E-state index in [1.807, 2.05) is 26.0 Å². The van der Waals surface area contributed by atoms with Crippen LogP contribution in [0.25, 0.3) is 0 Å². The molecular formula is C25H23FN4O2. The molecule has 1 aliphatic heterocycles. The van der Waals surface area contributed by atoms with Crippen LogP contribution in [0.15, 0.2) is 71.7 Å². The van der Waals surface area contributed by atoms with Crippen LogP contribution in [0, 0.1) is 19.7 Å². The molecule has 162 valence electrons. The Morgan fingerprint density at radius 2 is 1.69 bits per heavy atom. The van der Waals surface area contributed by atoms with Gasteiger partial charge < -0.3 is 15.5 Å². The minimum absolute atomic E-state index is 0.254. The van der Waals surface area contributed by atoms with E-state index in [-0.39, 0.29) is 5.56 Å². The molecule has 3 amide bonds. The van der Waals surface area contributed by atoms with Gasteiger partial charge in [0.15, 0.2) is 0 Å². The maximum atomic E-state index is 14.7. The highest BCUT2D eigenvalue weighted by molar-refractivity contribution is 6.20. The first kappa shape index (κ1) is 21.2. The number of fused-ring (bicyclic) bond motifs is 1. The fourth-order valence-corrected chi connectivity index (χ4v) is 3.72. The number of nitrogens with zero attached hydrogens (tertiary/aromatic N) is 2. The number of anilines is 2. The maximum absolute atomic E-state index is 14.7. The Morgan fingerprint density at radius 3 is 2.41 bits per heavy atom. The summed E-state index contributed by atoms with van der Waals surface area (Å²) in [6, 6.07) is 18.4. The van der Waals surface area contributed by atoms with Crippen molar-refractivity contribution in [1.29, 1.82) is 0 Å². The van der Waals surface area contributed by atoms with Crippen LogP contribution in [-0.2, 0) is 4.79 Å². The number of nitrogens with one attached hydrogen (secondary N) is 2. The van der Waals surface area contributed by atoms with E-state index in [9.17, 15) is 14.0 Å². The number of carbonyl (C=O) groups excluding carboxylic acids is 2. The summed E-state index contributed by atoms with van der Waals surface area (Å²) < 4.78 is 14.7. The van der Waals surface area contributed by atoms with Gasteiger partial charge in [0.05, 0.1) is 11.4 Å². The lowest BCUT2D eigenvalue weighted by molar-refractivity contribution is -0.119. The van der Waals surface area contributed by atoms with Gasteiger partial charge in [-0.2, -0.15) is 0 Å². The Morgan fingerprint density at radius 1 is 1.00 bits per heavy atom. The second-order valence-electron chi connectivity index (χ2n) is 7.69. The summed E-state index contributed by atoms with van der Waals surface area (Å²) >= 11 is 0. The highest BCUT2D eigenvalue weighted by atomic mass is 19.1. The molecule has 3 aromatic rings. The van der Waals surface area contributed by atoms with Gasteiger partial charge in [0.2, 0.25) is 6.17 Å². The van der Waals surface area contributed by atoms with Crippen LogP contribution in [-0.4, -0.2) is 30.9 Å². The average molecular weight is 430 g/mol. The monoisotopic (exact) mass is 430 g/mol. The zero-order chi connectivity index (χ0) is 22.8. The third-order valence-electron chi connectivity index (χ3n) is 5.37. The van der Waals surface area contributed by atoms with Crippen molar-refractivity contribution in [2.45, 2.75) is 20.0 Å². The van der Waals surface area contributed by atoms with Crippen LogP contribution >= 0.6 is 0 Å². The van der Waals surface area contributed by atoms with E-state index in [0.717, 1.165) is 11.1 Å². The highest BCUT2D eigenvalue weighted by Crippen LogP contribution is 2.28. The molecule has 0 fully saturated rings. The van der Waals surface area contributed by atoms with Gasteiger partial charge in [0.1, 0.15) is 5.82 Å². The number of aryl methyl sites for hydroxylation is 2. The molecular weight excluding hydrogens is 407 g/mol. The van der Waals surface area contributed by atoms with Crippen molar-refractivity contribution in [1.82, 2.24) is 5.32 Å². The number of carbonyl (C=O) groups is 2. The summed E-state index contributed by atoms with van der Waals surface area (Å²) in [7, 11) is 1.61. The summed E-state index contributed by atoms with van der Waals surface area (Å²) in [5.74, 6) is -0.892. The second kappa shape index (κ2) is 8.63. The lowest BCUT2D eigenvalue weighted by Crippen LogP contribution is -2.47. The average Bonchev–Trinajstić information content (AvgIpc) is 2.87. The number of benzene rings is 3. The molecule has 0 spiro atoms. The van der Waals surface area contributed by atoms with Crippen LogP contribution in [0.5, 0.6) is 0 Å². The quantitative estimate of drug-likeness (QED) is 0.646. The van der Waals surface area contributed by atoms with Crippen LogP contribution in [0.2, 0.25) is 0 Å². The molecule has 1 unspecified atom stereocenters. The van der Waals surface area contributed by atoms with Crippen LogP contribution < -0.4 is 15.5 Å². The molecule has 0 radical (unpaired) electrons. The first-order chi connectivity index (χ1) is 15.3. The van der Waals surface area contributed by atoms with Crippen molar-refractivity contribution >= 4 is 29.0 Å². The summed E-state index contributed by atoms with van der Waals surface area (Å²) in [5.41, 5.74) is 4.34. The summed E-state index contributed by atoms with van der Waals surface area (Å²) in [6.45, 7) is 3.85. The highest BCUT2D eigenvalue weighted by Gasteiger charge is 2.31. The molecule has 1 aliphatic rings. The fraction of sp³-hybridized carbons (Fsp3) is 0.160. The van der Waals surface area contributed by atoms with Crippen LogP contribution in [0.3, 0.4) is 0 Å². The van der Waals surface area contributed by atoms with Gasteiger partial charge in [-0.1, -0.05) is 48.0 Å². The molecule has 6 nitrogen and oxygen atoms in total. The van der Waals surface area contributed by atoms with Crippen molar-refractivity contribution in [3.8, 4) is 0 Å².